The van der Waals surface area contributed by atoms with Crippen molar-refractivity contribution >= 4 is 28.8 Å². The summed E-state index contributed by atoms with van der Waals surface area (Å²) in [6.07, 6.45) is 6.02. The third-order valence-corrected chi connectivity index (χ3v) is 8.73. The smallest absolute Gasteiger partial charge is 0.303 e. The first-order chi connectivity index (χ1) is 19.0. The van der Waals surface area contributed by atoms with E-state index in [2.05, 4.69) is 68.4 Å². The maximum Gasteiger partial charge on any atom is 0.303 e. The van der Waals surface area contributed by atoms with Gasteiger partial charge in [-0.05, 0) is 51.3 Å². The molecule has 0 aromatic heterocycles. The third kappa shape index (κ3) is 4.40. The van der Waals surface area contributed by atoms with Crippen molar-refractivity contribution in [3.05, 3.63) is 94.4 Å². The van der Waals surface area contributed by atoms with Crippen molar-refractivity contribution in [3.63, 3.8) is 0 Å². The molecule has 40 heavy (non-hydrogen) atoms. The number of para-hydroxylation sites is 2. The van der Waals surface area contributed by atoms with Gasteiger partial charge in [0.25, 0.3) is 0 Å². The van der Waals surface area contributed by atoms with Crippen LogP contribution in [0, 0.1) is 0 Å². The van der Waals surface area contributed by atoms with Gasteiger partial charge in [0.05, 0.1) is 5.41 Å². The molecule has 0 saturated carbocycles. The summed E-state index contributed by atoms with van der Waals surface area (Å²) in [5.74, 6) is -1.19. The Morgan fingerprint density at radius 2 is 1.62 bits per heavy atom. The number of benzene rings is 2. The normalized spacial score (nSPS) is 20.8. The van der Waals surface area contributed by atoms with Gasteiger partial charge >= 0.3 is 5.97 Å². The molecule has 6 heteroatoms. The van der Waals surface area contributed by atoms with E-state index < -0.39 is 5.97 Å². The van der Waals surface area contributed by atoms with Gasteiger partial charge in [0.2, 0.25) is 5.69 Å². The maximum atomic E-state index is 13.5. The molecule has 0 spiro atoms. The zero-order valence-corrected chi connectivity index (χ0v) is 24.1. The second-order valence-electron chi connectivity index (χ2n) is 11.9. The molecule has 1 aliphatic carbocycles. The number of carboxylic acid groups (broad SMARTS) is 1. The van der Waals surface area contributed by atoms with Crippen molar-refractivity contribution in [2.45, 2.75) is 71.1 Å². The summed E-state index contributed by atoms with van der Waals surface area (Å²) in [5.41, 5.74) is 6.22. The van der Waals surface area contributed by atoms with E-state index >= 15 is 0 Å². The van der Waals surface area contributed by atoms with Gasteiger partial charge in [0.15, 0.2) is 11.5 Å². The van der Waals surface area contributed by atoms with Crippen molar-refractivity contribution < 1.29 is 24.4 Å². The van der Waals surface area contributed by atoms with E-state index in [0.29, 0.717) is 13.0 Å². The Labute approximate surface area is 236 Å². The summed E-state index contributed by atoms with van der Waals surface area (Å²) in [5, 5.41) is 22.5. The molecule has 208 valence electrons. The number of allylic oxidation sites excluding steroid dienone is 5. The monoisotopic (exact) mass is 538 g/mol. The lowest BCUT2D eigenvalue weighted by Gasteiger charge is -2.32. The number of ketones is 1. The summed E-state index contributed by atoms with van der Waals surface area (Å²) < 4.78 is 2.20. The number of anilines is 1. The number of fused-ring (bicyclic) bond motifs is 2. The topological polar surface area (TPSA) is 83.7 Å². The standard InChI is InChI=1S/C34H38N2O4/c1-6-35-26-16-11-9-14-24(26)33(2,3)28(35)20-22-31(39)23(32(22)40)21-29-34(4,5)25-15-10-12-17-27(25)36(29)19-13-7-8-18-30(37)38/h9-12,14-17,20-21H,6-8,13,18-19H2,1-5H3,(H-,37,38,39,40). The Kier molecular flexibility index (Phi) is 7.07. The van der Waals surface area contributed by atoms with Crippen LogP contribution in [0.3, 0.4) is 0 Å². The molecule has 2 aromatic rings. The van der Waals surface area contributed by atoms with E-state index in [1.165, 1.54) is 5.56 Å². The summed E-state index contributed by atoms with van der Waals surface area (Å²) in [6, 6.07) is 16.4. The number of likely N-dealkylation sites (N-methyl/N-ethyl adjacent to an activating group) is 1. The van der Waals surface area contributed by atoms with Crippen LogP contribution in [0.15, 0.2) is 83.3 Å². The molecule has 0 radical (unpaired) electrons. The number of Topliss-reactive ketones (excluding diaryl/α,β-unsaturated/α-hetero) is 1. The van der Waals surface area contributed by atoms with Gasteiger partial charge < -0.3 is 15.1 Å². The number of carbonyl (C=O) groups is 2. The zero-order chi connectivity index (χ0) is 28.8. The van der Waals surface area contributed by atoms with E-state index in [-0.39, 0.29) is 39.9 Å². The number of unbranched alkanes of at least 4 members (excludes halogenated alkanes) is 2. The van der Waals surface area contributed by atoms with Crippen molar-refractivity contribution in [2.75, 3.05) is 18.0 Å². The molecule has 0 amide bonds. The summed E-state index contributed by atoms with van der Waals surface area (Å²) in [7, 11) is 0. The highest BCUT2D eigenvalue weighted by Gasteiger charge is 2.46. The lowest BCUT2D eigenvalue weighted by molar-refractivity contribution is -0.438. The van der Waals surface area contributed by atoms with Crippen molar-refractivity contribution in [2.24, 2.45) is 0 Å². The highest BCUT2D eigenvalue weighted by atomic mass is 16.4. The van der Waals surface area contributed by atoms with E-state index in [1.807, 2.05) is 30.3 Å². The fourth-order valence-electron chi connectivity index (χ4n) is 6.48. The number of nitrogens with zero attached hydrogens (tertiary/aromatic N) is 2. The number of aliphatic carboxylic acids is 1. The molecule has 0 atom stereocenters. The summed E-state index contributed by atoms with van der Waals surface area (Å²) >= 11 is 0. The first-order valence-corrected chi connectivity index (χ1v) is 14.2. The van der Waals surface area contributed by atoms with Gasteiger partial charge in [-0.2, -0.15) is 4.58 Å². The van der Waals surface area contributed by atoms with Crippen LogP contribution in [0.1, 0.15) is 71.4 Å². The predicted molar refractivity (Wildman–Crippen MR) is 156 cm³/mol. The summed E-state index contributed by atoms with van der Waals surface area (Å²) in [4.78, 5) is 26.6. The second-order valence-corrected chi connectivity index (χ2v) is 11.9. The molecular formula is C34H38N2O4. The Morgan fingerprint density at radius 3 is 2.30 bits per heavy atom. The largest absolute Gasteiger partial charge is 0.871 e. The summed E-state index contributed by atoms with van der Waals surface area (Å²) in [6.45, 7) is 12.1. The molecule has 2 aliphatic heterocycles. The second kappa shape index (κ2) is 10.2. The molecule has 6 nitrogen and oxygen atoms in total. The Bertz CT molecular complexity index is 1520. The Morgan fingerprint density at radius 1 is 0.950 bits per heavy atom. The minimum atomic E-state index is -0.777. The van der Waals surface area contributed by atoms with Crippen LogP contribution < -0.4 is 10.0 Å². The number of carbonyl (C=O) groups excluding carboxylic acids is 1. The van der Waals surface area contributed by atoms with Crippen LogP contribution >= 0.6 is 0 Å². The molecule has 0 fully saturated rings. The quantitative estimate of drug-likeness (QED) is 0.258. The third-order valence-electron chi connectivity index (χ3n) is 8.73. The Balaban J connectivity index is 1.50. The molecule has 5 rings (SSSR count). The first kappa shape index (κ1) is 27.6. The number of carboxylic acids is 1. The van der Waals surface area contributed by atoms with Crippen molar-refractivity contribution in [1.82, 2.24) is 0 Å². The highest BCUT2D eigenvalue weighted by molar-refractivity contribution is 6.24. The van der Waals surface area contributed by atoms with Crippen LogP contribution in [0.25, 0.3) is 0 Å². The van der Waals surface area contributed by atoms with Gasteiger partial charge in [0.1, 0.15) is 6.54 Å². The van der Waals surface area contributed by atoms with E-state index in [4.69, 9.17) is 5.11 Å². The lowest BCUT2D eigenvalue weighted by Crippen LogP contribution is -2.35. The van der Waals surface area contributed by atoms with Crippen molar-refractivity contribution in [1.29, 1.82) is 0 Å². The molecule has 0 saturated heterocycles. The number of hydrogen-bond acceptors (Lipinski definition) is 4. The predicted octanol–water partition coefficient (Wildman–Crippen LogP) is 5.53. The SMILES string of the molecule is CCN1C(=CC2=C([O-])/C(=C\C3=[N+](CCCCCC(=O)O)c4ccccc4C3(C)C)C2=O)C(C)(C)c2ccccc21. The molecule has 3 aliphatic rings. The molecular weight excluding hydrogens is 500 g/mol. The number of hydrogen-bond donors (Lipinski definition) is 1. The first-order valence-electron chi connectivity index (χ1n) is 14.2. The van der Waals surface area contributed by atoms with E-state index in [9.17, 15) is 14.7 Å². The fraction of sp³-hybridized carbons (Fsp3) is 0.382. The molecule has 2 aromatic carbocycles. The van der Waals surface area contributed by atoms with Crippen molar-refractivity contribution in [3.8, 4) is 0 Å². The van der Waals surface area contributed by atoms with Gasteiger partial charge in [-0.1, -0.05) is 56.0 Å². The number of rotatable bonds is 9. The average molecular weight is 539 g/mol. The van der Waals surface area contributed by atoms with Crippen LogP contribution in [0.4, 0.5) is 11.4 Å². The highest BCUT2D eigenvalue weighted by Crippen LogP contribution is 2.48. The van der Waals surface area contributed by atoms with Gasteiger partial charge in [0, 0.05) is 65.0 Å². The lowest BCUT2D eigenvalue weighted by atomic mass is 9.77. The fourth-order valence-corrected chi connectivity index (χ4v) is 6.48. The van der Waals surface area contributed by atoms with E-state index in [1.54, 1.807) is 6.08 Å². The maximum absolute atomic E-state index is 13.5. The van der Waals surface area contributed by atoms with Gasteiger partial charge in [-0.3, -0.25) is 9.59 Å². The van der Waals surface area contributed by atoms with Gasteiger partial charge in [-0.15, -0.1) is 0 Å². The molecule has 0 bridgehead atoms. The molecule has 1 N–H and O–H groups in total. The minimum absolute atomic E-state index is 0.164. The molecule has 2 heterocycles. The van der Waals surface area contributed by atoms with Crippen LogP contribution in [-0.4, -0.2) is 40.2 Å². The van der Waals surface area contributed by atoms with E-state index in [0.717, 1.165) is 47.7 Å². The zero-order valence-electron chi connectivity index (χ0n) is 24.1. The van der Waals surface area contributed by atoms with Crippen LogP contribution in [0.2, 0.25) is 0 Å². The minimum Gasteiger partial charge on any atom is -0.871 e. The Hall–Kier alpha value is -3.93. The van der Waals surface area contributed by atoms with Crippen LogP contribution in [0.5, 0.6) is 0 Å². The van der Waals surface area contributed by atoms with Crippen LogP contribution in [-0.2, 0) is 20.4 Å². The molecule has 0 unspecified atom stereocenters. The average Bonchev–Trinajstić information content (AvgIpc) is 3.28. The van der Waals surface area contributed by atoms with Gasteiger partial charge in [-0.25, -0.2) is 0 Å².